The number of ether oxygens (including phenoxy) is 3. The Morgan fingerprint density at radius 3 is 2.14 bits per heavy atom. The molecule has 1 aromatic heterocycles. The topological polar surface area (TPSA) is 89.8 Å². The molecule has 4 rings (SSSR count). The monoisotopic (exact) mass is 531 g/mol. The Kier molecular flexibility index (Phi) is 7.90. The van der Waals surface area contributed by atoms with E-state index in [1.165, 1.54) is 21.3 Å². The number of halogens is 1. The molecule has 0 saturated carbocycles. The second kappa shape index (κ2) is 10.4. The average molecular weight is 532 g/mol. The molecule has 4 aromatic rings. The van der Waals surface area contributed by atoms with Gasteiger partial charge in [-0.05, 0) is 61.4 Å². The van der Waals surface area contributed by atoms with E-state index in [4.69, 9.17) is 14.2 Å². The molecule has 3 aromatic carbocycles. The van der Waals surface area contributed by atoms with Crippen LogP contribution >= 0.6 is 15.9 Å². The number of carboxylic acid groups (broad SMARTS) is 1. The van der Waals surface area contributed by atoms with Gasteiger partial charge in [0.1, 0.15) is 0 Å². The summed E-state index contributed by atoms with van der Waals surface area (Å²) >= 11 is 3.51. The van der Waals surface area contributed by atoms with E-state index < -0.39 is 5.97 Å². The summed E-state index contributed by atoms with van der Waals surface area (Å²) in [5.41, 5.74) is 3.94. The number of aromatic nitrogens is 1. The van der Waals surface area contributed by atoms with Crippen molar-refractivity contribution < 1.29 is 47.8 Å². The Balaban J connectivity index is 0.00000342. The van der Waals surface area contributed by atoms with Crippen molar-refractivity contribution in [3.63, 3.8) is 0 Å². The second-order valence-electron chi connectivity index (χ2n) is 7.95. The zero-order valence-electron chi connectivity index (χ0n) is 20.4. The molecule has 0 saturated heterocycles. The first-order chi connectivity index (χ1) is 16.2. The smallest absolute Gasteiger partial charge is 0.548 e. The number of ketones is 1. The van der Waals surface area contributed by atoms with Crippen molar-refractivity contribution in [1.82, 2.24) is 4.57 Å². The van der Waals surface area contributed by atoms with Gasteiger partial charge in [0.25, 0.3) is 0 Å². The summed E-state index contributed by atoms with van der Waals surface area (Å²) in [5, 5.41) is 13.2. The molecule has 9 heteroatoms. The minimum atomic E-state index is -1.18. The van der Waals surface area contributed by atoms with Gasteiger partial charge in [0.05, 0.1) is 39.4 Å². The van der Waals surface area contributed by atoms with Crippen molar-refractivity contribution in [1.29, 1.82) is 0 Å². The molecular weight excluding hydrogens is 509 g/mol. The van der Waals surface area contributed by atoms with E-state index >= 15 is 0 Å². The Bertz CT molecular complexity index is 1450. The molecule has 176 valence electrons. The number of aryl methyl sites for hydroxylation is 2. The SMILES string of the molecule is COc1cc(C(=O)c2cc(C)c3c(c2C)c2cc(Br)ccc2n3CC(=O)[O-])cc(OC)c1OC.[Li+]. The van der Waals surface area contributed by atoms with Crippen LogP contribution in [0, 0.1) is 13.8 Å². The second-order valence-corrected chi connectivity index (χ2v) is 8.87. The van der Waals surface area contributed by atoms with Crippen LogP contribution in [0.1, 0.15) is 27.0 Å². The van der Waals surface area contributed by atoms with Crippen molar-refractivity contribution in [2.75, 3.05) is 21.3 Å². The molecule has 0 spiro atoms. The molecule has 0 fully saturated rings. The Morgan fingerprint density at radius 2 is 1.60 bits per heavy atom. The van der Waals surface area contributed by atoms with Crippen molar-refractivity contribution in [2.24, 2.45) is 0 Å². The number of carbonyl (C=O) groups excluding carboxylic acids is 2. The number of benzene rings is 3. The number of hydrogen-bond donors (Lipinski definition) is 0. The quantitative estimate of drug-likeness (QED) is 0.263. The first-order valence-electron chi connectivity index (χ1n) is 10.5. The van der Waals surface area contributed by atoms with Crippen molar-refractivity contribution in [2.45, 2.75) is 20.4 Å². The van der Waals surface area contributed by atoms with Crippen LogP contribution in [-0.2, 0) is 11.3 Å². The van der Waals surface area contributed by atoms with Gasteiger partial charge in [0, 0.05) is 31.9 Å². The largest absolute Gasteiger partial charge is 1.00 e. The van der Waals surface area contributed by atoms with Crippen LogP contribution in [0.15, 0.2) is 40.9 Å². The maximum Gasteiger partial charge on any atom is 1.00 e. The Hall–Kier alpha value is -2.92. The van der Waals surface area contributed by atoms with Crippen LogP contribution in [0.3, 0.4) is 0 Å². The molecule has 0 N–H and O–H groups in total. The molecular formula is C26H23BrLiNO6. The van der Waals surface area contributed by atoms with E-state index in [1.807, 2.05) is 32.0 Å². The van der Waals surface area contributed by atoms with Gasteiger partial charge in [0.15, 0.2) is 17.3 Å². The molecule has 0 bridgehead atoms. The Morgan fingerprint density at radius 1 is 0.971 bits per heavy atom. The molecule has 7 nitrogen and oxygen atoms in total. The third-order valence-electron chi connectivity index (χ3n) is 6.00. The fraction of sp³-hybridized carbons (Fsp3) is 0.231. The predicted octanol–water partition coefficient (Wildman–Crippen LogP) is 1.18. The fourth-order valence-corrected chi connectivity index (χ4v) is 4.90. The molecule has 0 aliphatic heterocycles. The zero-order valence-corrected chi connectivity index (χ0v) is 22.0. The standard InChI is InChI=1S/C26H24BrNO6.Li/c1-13-8-17(25(31)15-9-20(32-3)26(34-5)21(10-15)33-4)14(2)23-18-11-16(27)6-7-19(18)28(24(13)23)12-22(29)30;/h6-11H,12H2,1-5H3,(H,29,30);/q;+1/p-1. The number of fused-ring (bicyclic) bond motifs is 3. The maximum atomic E-state index is 13.7. The minimum Gasteiger partial charge on any atom is -0.548 e. The molecule has 0 aliphatic carbocycles. The summed E-state index contributed by atoms with van der Waals surface area (Å²) in [7, 11) is 4.50. The molecule has 1 heterocycles. The van der Waals surface area contributed by atoms with Gasteiger partial charge in [-0.1, -0.05) is 15.9 Å². The van der Waals surface area contributed by atoms with Crippen LogP contribution in [0.5, 0.6) is 17.2 Å². The van der Waals surface area contributed by atoms with Crippen LogP contribution in [0.2, 0.25) is 0 Å². The normalized spacial score (nSPS) is 10.8. The average Bonchev–Trinajstić information content (AvgIpc) is 3.13. The third kappa shape index (κ3) is 4.54. The molecule has 0 radical (unpaired) electrons. The summed E-state index contributed by atoms with van der Waals surface area (Å²) in [6.07, 6.45) is 0. The molecule has 0 atom stereocenters. The van der Waals surface area contributed by atoms with Gasteiger partial charge < -0.3 is 28.7 Å². The van der Waals surface area contributed by atoms with Crippen LogP contribution in [0.25, 0.3) is 21.8 Å². The van der Waals surface area contributed by atoms with E-state index in [2.05, 4.69) is 15.9 Å². The van der Waals surface area contributed by atoms with E-state index in [0.29, 0.717) is 28.4 Å². The van der Waals surface area contributed by atoms with Gasteiger partial charge in [-0.2, -0.15) is 0 Å². The number of nitrogens with zero attached hydrogens (tertiary/aromatic N) is 1. The minimum absolute atomic E-state index is 0. The molecule has 0 amide bonds. The number of hydrogen-bond acceptors (Lipinski definition) is 6. The number of methoxy groups -OCH3 is 3. The first kappa shape index (κ1) is 26.7. The number of carboxylic acids is 1. The molecule has 0 aliphatic rings. The van der Waals surface area contributed by atoms with Gasteiger partial charge in [-0.25, -0.2) is 0 Å². The molecule has 35 heavy (non-hydrogen) atoms. The summed E-state index contributed by atoms with van der Waals surface area (Å²) in [5.74, 6) is -0.223. The summed E-state index contributed by atoms with van der Waals surface area (Å²) < 4.78 is 18.8. The van der Waals surface area contributed by atoms with Crippen LogP contribution in [0.4, 0.5) is 0 Å². The first-order valence-corrected chi connectivity index (χ1v) is 11.3. The van der Waals surface area contributed by atoms with Gasteiger partial charge >= 0.3 is 18.9 Å². The maximum absolute atomic E-state index is 13.7. The zero-order chi connectivity index (χ0) is 24.7. The van der Waals surface area contributed by atoms with E-state index in [0.717, 1.165) is 37.4 Å². The van der Waals surface area contributed by atoms with Crippen molar-refractivity contribution in [3.05, 3.63) is 63.1 Å². The third-order valence-corrected chi connectivity index (χ3v) is 6.49. The van der Waals surface area contributed by atoms with E-state index in [-0.39, 0.29) is 31.2 Å². The van der Waals surface area contributed by atoms with Gasteiger partial charge in [-0.15, -0.1) is 0 Å². The number of rotatable bonds is 7. The van der Waals surface area contributed by atoms with Crippen LogP contribution in [-0.4, -0.2) is 37.6 Å². The van der Waals surface area contributed by atoms with Crippen LogP contribution < -0.4 is 38.2 Å². The summed E-state index contributed by atoms with van der Waals surface area (Å²) in [4.78, 5) is 25.2. The number of aliphatic carboxylic acids is 1. The van der Waals surface area contributed by atoms with E-state index in [1.54, 1.807) is 22.8 Å². The predicted molar refractivity (Wildman–Crippen MR) is 131 cm³/mol. The fourth-order valence-electron chi connectivity index (χ4n) is 4.54. The number of carbonyl (C=O) groups is 2. The van der Waals surface area contributed by atoms with E-state index in [9.17, 15) is 14.7 Å². The van der Waals surface area contributed by atoms with Gasteiger partial charge in [0.2, 0.25) is 5.75 Å². The summed E-state index contributed by atoms with van der Waals surface area (Å²) in [6.45, 7) is 3.45. The van der Waals surface area contributed by atoms with Gasteiger partial charge in [-0.3, -0.25) is 4.79 Å². The van der Waals surface area contributed by atoms with Crippen molar-refractivity contribution in [3.8, 4) is 17.2 Å². The molecule has 0 unspecified atom stereocenters. The summed E-state index contributed by atoms with van der Waals surface area (Å²) in [6, 6.07) is 10.7. The van der Waals surface area contributed by atoms with Crippen molar-refractivity contribution >= 4 is 49.5 Å². The Labute approximate surface area is 223 Å².